The highest BCUT2D eigenvalue weighted by atomic mass is 35.5. The highest BCUT2D eigenvalue weighted by Crippen LogP contribution is 2.26. The van der Waals surface area contributed by atoms with Gasteiger partial charge in [-0.3, -0.25) is 4.79 Å². The van der Waals surface area contributed by atoms with Crippen molar-refractivity contribution in [1.82, 2.24) is 19.6 Å². The first-order chi connectivity index (χ1) is 13.9. The lowest BCUT2D eigenvalue weighted by molar-refractivity contribution is -0.115. The molecule has 0 saturated heterocycles. The van der Waals surface area contributed by atoms with E-state index in [0.717, 1.165) is 33.8 Å². The molecular formula is C22H20ClN5O. The van der Waals surface area contributed by atoms with E-state index >= 15 is 0 Å². The quantitative estimate of drug-likeness (QED) is 0.540. The van der Waals surface area contributed by atoms with Crippen molar-refractivity contribution in [2.24, 2.45) is 0 Å². The van der Waals surface area contributed by atoms with Crippen molar-refractivity contribution in [3.63, 3.8) is 0 Å². The van der Waals surface area contributed by atoms with E-state index in [9.17, 15) is 4.79 Å². The number of fused-ring (bicyclic) bond motifs is 1. The van der Waals surface area contributed by atoms with E-state index < -0.39 is 0 Å². The zero-order valence-electron chi connectivity index (χ0n) is 16.4. The highest BCUT2D eigenvalue weighted by Gasteiger charge is 2.17. The zero-order valence-corrected chi connectivity index (χ0v) is 17.2. The molecule has 1 amide bonds. The van der Waals surface area contributed by atoms with Crippen molar-refractivity contribution in [2.75, 3.05) is 5.32 Å². The summed E-state index contributed by atoms with van der Waals surface area (Å²) in [6.45, 7) is 5.81. The van der Waals surface area contributed by atoms with Crippen LogP contribution in [0, 0.1) is 20.8 Å². The summed E-state index contributed by atoms with van der Waals surface area (Å²) in [6.07, 6.45) is 0.204. The second kappa shape index (κ2) is 7.64. The van der Waals surface area contributed by atoms with Gasteiger partial charge in [-0.2, -0.15) is 4.98 Å². The van der Waals surface area contributed by atoms with Gasteiger partial charge in [0.15, 0.2) is 5.82 Å². The Hall–Kier alpha value is -3.25. The molecular weight excluding hydrogens is 386 g/mol. The number of nitrogens with zero attached hydrogens (tertiary/aromatic N) is 4. The van der Waals surface area contributed by atoms with Gasteiger partial charge in [0, 0.05) is 28.2 Å². The maximum Gasteiger partial charge on any atom is 0.253 e. The Bertz CT molecular complexity index is 1210. The molecule has 0 unspecified atom stereocenters. The largest absolute Gasteiger partial charge is 0.326 e. The molecule has 6 nitrogen and oxygen atoms in total. The van der Waals surface area contributed by atoms with Gasteiger partial charge in [0.2, 0.25) is 5.91 Å². The Kier molecular flexibility index (Phi) is 5.03. The van der Waals surface area contributed by atoms with Crippen LogP contribution in [-0.2, 0) is 11.2 Å². The number of aryl methyl sites for hydroxylation is 3. The second-order valence-corrected chi connectivity index (χ2v) is 7.39. The van der Waals surface area contributed by atoms with Crippen LogP contribution < -0.4 is 5.32 Å². The van der Waals surface area contributed by atoms with E-state index in [1.165, 1.54) is 0 Å². The van der Waals surface area contributed by atoms with Gasteiger partial charge in [-0.1, -0.05) is 41.4 Å². The molecule has 0 aliphatic rings. The van der Waals surface area contributed by atoms with Gasteiger partial charge >= 0.3 is 0 Å². The highest BCUT2D eigenvalue weighted by molar-refractivity contribution is 6.33. The van der Waals surface area contributed by atoms with Crippen LogP contribution in [0.25, 0.3) is 17.2 Å². The molecule has 0 atom stereocenters. The molecule has 4 aromatic rings. The van der Waals surface area contributed by atoms with Crippen LogP contribution in [0.15, 0.2) is 48.5 Å². The van der Waals surface area contributed by atoms with Gasteiger partial charge in [-0.05, 0) is 45.0 Å². The fourth-order valence-electron chi connectivity index (χ4n) is 3.22. The van der Waals surface area contributed by atoms with Crippen molar-refractivity contribution in [2.45, 2.75) is 27.2 Å². The number of carbonyl (C=O) groups excluding carboxylic acids is 1. The lowest BCUT2D eigenvalue weighted by Crippen LogP contribution is -2.17. The van der Waals surface area contributed by atoms with E-state index in [0.29, 0.717) is 16.6 Å². The summed E-state index contributed by atoms with van der Waals surface area (Å²) in [6, 6.07) is 15.1. The summed E-state index contributed by atoms with van der Waals surface area (Å²) in [7, 11) is 0. The minimum atomic E-state index is -0.104. The standard InChI is InChI=1S/C22H20ClN5O/c1-13-8-10-16(11-9-13)25-20(29)12-18-14(2)24-22-26-21(27-28(22)15(18)3)17-6-4-5-7-19(17)23/h4-11H,12H2,1-3H3,(H,25,29). The third-order valence-corrected chi connectivity index (χ3v) is 5.17. The molecule has 146 valence electrons. The summed E-state index contributed by atoms with van der Waals surface area (Å²) in [5.74, 6) is 0.886. The van der Waals surface area contributed by atoms with Crippen LogP contribution >= 0.6 is 11.6 Å². The van der Waals surface area contributed by atoms with Gasteiger partial charge in [0.25, 0.3) is 5.78 Å². The van der Waals surface area contributed by atoms with E-state index in [-0.39, 0.29) is 12.3 Å². The molecule has 0 aliphatic carbocycles. The van der Waals surface area contributed by atoms with Crippen molar-refractivity contribution < 1.29 is 4.79 Å². The maximum absolute atomic E-state index is 12.6. The van der Waals surface area contributed by atoms with E-state index in [1.807, 2.05) is 63.2 Å². The average Bonchev–Trinajstić information content (AvgIpc) is 3.11. The van der Waals surface area contributed by atoms with Crippen LogP contribution in [0.5, 0.6) is 0 Å². The van der Waals surface area contributed by atoms with Crippen LogP contribution in [0.1, 0.15) is 22.5 Å². The Balaban J connectivity index is 1.65. The fraction of sp³-hybridized carbons (Fsp3) is 0.182. The molecule has 0 fully saturated rings. The normalized spacial score (nSPS) is 11.0. The monoisotopic (exact) mass is 405 g/mol. The van der Waals surface area contributed by atoms with Gasteiger partial charge in [-0.15, -0.1) is 5.10 Å². The van der Waals surface area contributed by atoms with Crippen molar-refractivity contribution in [3.8, 4) is 11.4 Å². The molecule has 2 aromatic heterocycles. The molecule has 2 heterocycles. The number of rotatable bonds is 4. The predicted octanol–water partition coefficient (Wildman–Crippen LogP) is 4.55. The number of anilines is 1. The van der Waals surface area contributed by atoms with E-state index in [2.05, 4.69) is 20.4 Å². The molecule has 0 bridgehead atoms. The van der Waals surface area contributed by atoms with Gasteiger partial charge in [0.1, 0.15) is 0 Å². The third kappa shape index (κ3) is 3.84. The smallest absolute Gasteiger partial charge is 0.253 e. The Morgan fingerprint density at radius 3 is 2.48 bits per heavy atom. The predicted molar refractivity (Wildman–Crippen MR) is 114 cm³/mol. The van der Waals surface area contributed by atoms with Crippen LogP contribution in [0.4, 0.5) is 5.69 Å². The lowest BCUT2D eigenvalue weighted by atomic mass is 10.1. The number of hydrogen-bond donors (Lipinski definition) is 1. The molecule has 0 spiro atoms. The van der Waals surface area contributed by atoms with E-state index in [4.69, 9.17) is 11.6 Å². The minimum Gasteiger partial charge on any atom is -0.326 e. The first-order valence-electron chi connectivity index (χ1n) is 9.26. The van der Waals surface area contributed by atoms with Crippen molar-refractivity contribution in [3.05, 3.63) is 76.1 Å². The van der Waals surface area contributed by atoms with Crippen LogP contribution in [0.2, 0.25) is 5.02 Å². The molecule has 0 aliphatic heterocycles. The molecule has 0 saturated carbocycles. The Morgan fingerprint density at radius 2 is 1.76 bits per heavy atom. The fourth-order valence-corrected chi connectivity index (χ4v) is 3.44. The molecule has 1 N–H and O–H groups in total. The summed E-state index contributed by atoms with van der Waals surface area (Å²) in [5.41, 5.74) is 5.08. The number of hydrogen-bond acceptors (Lipinski definition) is 4. The maximum atomic E-state index is 12.6. The van der Waals surface area contributed by atoms with Gasteiger partial charge in [0.05, 0.1) is 11.4 Å². The number of halogens is 1. The minimum absolute atomic E-state index is 0.104. The summed E-state index contributed by atoms with van der Waals surface area (Å²) in [5, 5.41) is 8.08. The first kappa shape index (κ1) is 19.1. The topological polar surface area (TPSA) is 72.2 Å². The van der Waals surface area contributed by atoms with Crippen molar-refractivity contribution >= 4 is 29.0 Å². The van der Waals surface area contributed by atoms with Crippen LogP contribution in [-0.4, -0.2) is 25.5 Å². The first-order valence-corrected chi connectivity index (χ1v) is 9.64. The second-order valence-electron chi connectivity index (χ2n) is 6.98. The zero-order chi connectivity index (χ0) is 20.5. The van der Waals surface area contributed by atoms with Crippen LogP contribution in [0.3, 0.4) is 0 Å². The molecule has 7 heteroatoms. The molecule has 2 aromatic carbocycles. The summed E-state index contributed by atoms with van der Waals surface area (Å²) >= 11 is 6.28. The molecule has 4 rings (SSSR count). The lowest BCUT2D eigenvalue weighted by Gasteiger charge is -2.11. The number of nitrogens with one attached hydrogen (secondary N) is 1. The van der Waals surface area contributed by atoms with Crippen molar-refractivity contribution in [1.29, 1.82) is 0 Å². The SMILES string of the molecule is Cc1ccc(NC(=O)Cc2c(C)nc3nc(-c4ccccc4Cl)nn3c2C)cc1. The molecule has 29 heavy (non-hydrogen) atoms. The Labute approximate surface area is 173 Å². The number of aromatic nitrogens is 4. The third-order valence-electron chi connectivity index (χ3n) is 4.84. The van der Waals surface area contributed by atoms with Gasteiger partial charge in [-0.25, -0.2) is 9.50 Å². The number of benzene rings is 2. The Morgan fingerprint density at radius 1 is 1.03 bits per heavy atom. The van der Waals surface area contributed by atoms with Gasteiger partial charge < -0.3 is 5.32 Å². The number of amides is 1. The molecule has 0 radical (unpaired) electrons. The average molecular weight is 406 g/mol. The summed E-state index contributed by atoms with van der Waals surface area (Å²) in [4.78, 5) is 21.6. The summed E-state index contributed by atoms with van der Waals surface area (Å²) < 4.78 is 1.67. The number of carbonyl (C=O) groups is 1. The van der Waals surface area contributed by atoms with E-state index in [1.54, 1.807) is 10.6 Å².